The largest absolute Gasteiger partial charge is 0.480 e. The molecule has 0 aliphatic heterocycles. The van der Waals surface area contributed by atoms with E-state index in [2.05, 4.69) is 34.1 Å². The summed E-state index contributed by atoms with van der Waals surface area (Å²) in [7, 11) is 0. The highest BCUT2D eigenvalue weighted by Crippen LogP contribution is 2.26. The van der Waals surface area contributed by atoms with E-state index in [1.165, 1.54) is 18.2 Å². The number of nitrogens with zero attached hydrogens (tertiary/aromatic N) is 2. The van der Waals surface area contributed by atoms with Crippen LogP contribution in [0.3, 0.4) is 0 Å². The Hall–Kier alpha value is -2.41. The number of hydrogen-bond acceptors (Lipinski definition) is 4. The van der Waals surface area contributed by atoms with Crippen LogP contribution in [0.25, 0.3) is 11.2 Å². The maximum atomic E-state index is 14.3. The Kier molecular flexibility index (Phi) is 5.27. The fraction of sp³-hybridized carbons (Fsp3) is 0.333. The van der Waals surface area contributed by atoms with E-state index in [4.69, 9.17) is 11.6 Å². The first-order chi connectivity index (χ1) is 12.3. The Labute approximate surface area is 154 Å². The number of aromatic hydroxyl groups is 1. The number of aryl methyl sites for hydroxylation is 1. The molecule has 1 aromatic carbocycles. The van der Waals surface area contributed by atoms with Gasteiger partial charge in [0.15, 0.2) is 5.65 Å². The first-order valence-corrected chi connectivity index (χ1v) is 8.67. The number of H-pyrrole nitrogens is 1. The lowest BCUT2D eigenvalue weighted by atomic mass is 10.0. The molecule has 0 unspecified atom stereocenters. The van der Waals surface area contributed by atoms with Gasteiger partial charge in [-0.05, 0) is 42.5 Å². The molecule has 0 atom stereocenters. The quantitative estimate of drug-likeness (QED) is 0.574. The van der Waals surface area contributed by atoms with E-state index in [9.17, 15) is 13.9 Å². The van der Waals surface area contributed by atoms with Gasteiger partial charge in [0, 0.05) is 12.1 Å². The van der Waals surface area contributed by atoms with Crippen LogP contribution in [-0.2, 0) is 13.0 Å². The lowest BCUT2D eigenvalue weighted by Crippen LogP contribution is -2.07. The number of nitrogens with one attached hydrogen (secondary N) is 2. The van der Waals surface area contributed by atoms with Crippen molar-refractivity contribution in [2.75, 3.05) is 5.32 Å². The Balaban J connectivity index is 1.78. The summed E-state index contributed by atoms with van der Waals surface area (Å²) < 4.78 is 28.6. The van der Waals surface area contributed by atoms with Crippen molar-refractivity contribution in [3.05, 3.63) is 46.0 Å². The second-order valence-electron chi connectivity index (χ2n) is 6.57. The highest BCUT2D eigenvalue weighted by molar-refractivity contribution is 6.33. The van der Waals surface area contributed by atoms with Crippen LogP contribution in [0.2, 0.25) is 5.02 Å². The maximum absolute atomic E-state index is 14.3. The van der Waals surface area contributed by atoms with Gasteiger partial charge < -0.3 is 15.4 Å². The van der Waals surface area contributed by atoms with Crippen LogP contribution in [0, 0.1) is 17.6 Å². The van der Waals surface area contributed by atoms with Crippen molar-refractivity contribution < 1.29 is 13.9 Å². The molecule has 138 valence electrons. The molecule has 0 fully saturated rings. The summed E-state index contributed by atoms with van der Waals surface area (Å²) in [6, 6.07) is 3.98. The van der Waals surface area contributed by atoms with Crippen LogP contribution in [0.1, 0.15) is 31.4 Å². The average Bonchev–Trinajstić information content (AvgIpc) is 2.91. The molecule has 3 N–H and O–H groups in total. The maximum Gasteiger partial charge on any atom is 0.293 e. The number of anilines is 1. The summed E-state index contributed by atoms with van der Waals surface area (Å²) in [6.45, 7) is 4.02. The predicted octanol–water partition coefficient (Wildman–Crippen LogP) is 4.80. The van der Waals surface area contributed by atoms with Crippen molar-refractivity contribution in [2.24, 2.45) is 5.92 Å². The van der Waals surface area contributed by atoms with Crippen LogP contribution in [0.4, 0.5) is 14.6 Å². The van der Waals surface area contributed by atoms with Gasteiger partial charge in [0.1, 0.15) is 17.5 Å². The van der Waals surface area contributed by atoms with Crippen molar-refractivity contribution in [3.63, 3.8) is 0 Å². The number of fused-ring (bicyclic) bond motifs is 1. The number of benzene rings is 1. The number of pyridine rings is 1. The van der Waals surface area contributed by atoms with Crippen LogP contribution in [0.15, 0.2) is 18.2 Å². The van der Waals surface area contributed by atoms with Gasteiger partial charge in [-0.1, -0.05) is 25.4 Å². The average molecular weight is 381 g/mol. The SMILES string of the molecule is CC(C)CCc1cc(F)c(CNc2nc3nc(O)[nH]c3cc2Cl)c(F)c1. The van der Waals surface area contributed by atoms with E-state index in [0.717, 1.165) is 6.42 Å². The minimum absolute atomic E-state index is 0.0823. The summed E-state index contributed by atoms with van der Waals surface area (Å²) >= 11 is 6.11. The molecule has 0 aliphatic rings. The summed E-state index contributed by atoms with van der Waals surface area (Å²) in [6.07, 6.45) is 1.50. The molecule has 2 heterocycles. The number of rotatable bonds is 6. The molecular formula is C18H19ClF2N4O. The van der Waals surface area contributed by atoms with Crippen molar-refractivity contribution in [1.82, 2.24) is 15.0 Å². The molecular weight excluding hydrogens is 362 g/mol. The number of halogens is 3. The third kappa shape index (κ3) is 4.04. The van der Waals surface area contributed by atoms with Gasteiger partial charge in [0.25, 0.3) is 6.01 Å². The monoisotopic (exact) mass is 380 g/mol. The highest BCUT2D eigenvalue weighted by Gasteiger charge is 2.14. The molecule has 0 spiro atoms. The Bertz CT molecular complexity index is 919. The molecule has 0 radical (unpaired) electrons. The van der Waals surface area contributed by atoms with Gasteiger partial charge in [0.05, 0.1) is 10.5 Å². The lowest BCUT2D eigenvalue weighted by Gasteiger charge is -2.11. The van der Waals surface area contributed by atoms with Crippen LogP contribution in [-0.4, -0.2) is 20.1 Å². The van der Waals surface area contributed by atoms with E-state index in [-0.39, 0.29) is 34.6 Å². The van der Waals surface area contributed by atoms with E-state index < -0.39 is 11.6 Å². The summed E-state index contributed by atoms with van der Waals surface area (Å²) in [5, 5.41) is 12.4. The third-order valence-electron chi connectivity index (χ3n) is 4.06. The van der Waals surface area contributed by atoms with Crippen LogP contribution >= 0.6 is 11.6 Å². The predicted molar refractivity (Wildman–Crippen MR) is 97.4 cm³/mol. The zero-order valence-electron chi connectivity index (χ0n) is 14.4. The number of hydrogen-bond donors (Lipinski definition) is 3. The van der Waals surface area contributed by atoms with Crippen molar-refractivity contribution in [1.29, 1.82) is 0 Å². The molecule has 0 amide bonds. The molecule has 8 heteroatoms. The standard InChI is InChI=1S/C18H19ClF2N4O/c1-9(2)3-4-10-5-13(20)11(14(21)6-10)8-22-16-12(19)7-15-17(24-16)25-18(26)23-15/h5-7,9H,3-4,8H2,1-2H3,(H3,22,23,24,25,26). The molecule has 0 saturated carbocycles. The van der Waals surface area contributed by atoms with E-state index in [1.807, 2.05) is 0 Å². The normalized spacial score (nSPS) is 11.5. The van der Waals surface area contributed by atoms with Gasteiger partial charge in [-0.2, -0.15) is 4.98 Å². The smallest absolute Gasteiger partial charge is 0.293 e. The summed E-state index contributed by atoms with van der Waals surface area (Å²) in [4.78, 5) is 10.5. The molecule has 0 saturated heterocycles. The highest BCUT2D eigenvalue weighted by atomic mass is 35.5. The minimum Gasteiger partial charge on any atom is -0.480 e. The fourth-order valence-corrected chi connectivity index (χ4v) is 2.84. The number of aromatic amines is 1. The van der Waals surface area contributed by atoms with Gasteiger partial charge >= 0.3 is 0 Å². The van der Waals surface area contributed by atoms with E-state index >= 15 is 0 Å². The molecule has 0 bridgehead atoms. The molecule has 26 heavy (non-hydrogen) atoms. The van der Waals surface area contributed by atoms with E-state index in [1.54, 1.807) is 0 Å². The molecule has 2 aromatic heterocycles. The third-order valence-corrected chi connectivity index (χ3v) is 4.35. The summed E-state index contributed by atoms with van der Waals surface area (Å²) in [5.74, 6) is -0.517. The summed E-state index contributed by atoms with van der Waals surface area (Å²) in [5.41, 5.74) is 1.27. The van der Waals surface area contributed by atoms with Gasteiger partial charge in [0.2, 0.25) is 0 Å². The van der Waals surface area contributed by atoms with Crippen molar-refractivity contribution in [2.45, 2.75) is 33.2 Å². The van der Waals surface area contributed by atoms with Crippen molar-refractivity contribution >= 4 is 28.6 Å². The molecule has 0 aliphatic carbocycles. The zero-order chi connectivity index (χ0) is 18.8. The topological polar surface area (TPSA) is 73.8 Å². The Morgan fingerprint density at radius 3 is 2.54 bits per heavy atom. The number of imidazole rings is 1. The zero-order valence-corrected chi connectivity index (χ0v) is 15.2. The van der Waals surface area contributed by atoms with Gasteiger partial charge in [-0.25, -0.2) is 13.8 Å². The molecule has 5 nitrogen and oxygen atoms in total. The Morgan fingerprint density at radius 2 is 1.88 bits per heavy atom. The fourth-order valence-electron chi connectivity index (χ4n) is 2.63. The van der Waals surface area contributed by atoms with Crippen LogP contribution < -0.4 is 5.32 Å². The minimum atomic E-state index is -0.606. The first-order valence-electron chi connectivity index (χ1n) is 8.29. The first kappa shape index (κ1) is 18.4. The molecule has 3 aromatic rings. The Morgan fingerprint density at radius 1 is 1.19 bits per heavy atom. The van der Waals surface area contributed by atoms with E-state index in [0.29, 0.717) is 23.4 Å². The second kappa shape index (κ2) is 7.45. The molecule has 3 rings (SSSR count). The van der Waals surface area contributed by atoms with Crippen LogP contribution in [0.5, 0.6) is 6.01 Å². The lowest BCUT2D eigenvalue weighted by molar-refractivity contribution is 0.438. The number of aromatic nitrogens is 3. The van der Waals surface area contributed by atoms with Gasteiger partial charge in [-0.15, -0.1) is 0 Å². The van der Waals surface area contributed by atoms with Crippen molar-refractivity contribution in [3.8, 4) is 6.01 Å². The second-order valence-corrected chi connectivity index (χ2v) is 6.98. The van der Waals surface area contributed by atoms with Gasteiger partial charge in [-0.3, -0.25) is 0 Å².